The van der Waals surface area contributed by atoms with E-state index >= 15 is 0 Å². The smallest absolute Gasteiger partial charge is 0.378 e. The van der Waals surface area contributed by atoms with Crippen LogP contribution in [0.4, 0.5) is 17.6 Å². The van der Waals surface area contributed by atoms with Crippen LogP contribution in [0.1, 0.15) is 23.2 Å². The van der Waals surface area contributed by atoms with Crippen molar-refractivity contribution >= 4 is 16.9 Å². The molecule has 2 saturated heterocycles. The minimum absolute atomic E-state index is 0.0678. The minimum Gasteiger partial charge on any atom is -0.378 e. The van der Waals surface area contributed by atoms with Gasteiger partial charge in [0.05, 0.1) is 13.2 Å². The highest BCUT2D eigenvalue weighted by molar-refractivity contribution is 6.06. The predicted octanol–water partition coefficient (Wildman–Crippen LogP) is 2.33. The Kier molecular flexibility index (Phi) is 4.78. The zero-order chi connectivity index (χ0) is 20.1. The fourth-order valence-corrected chi connectivity index (χ4v) is 4.16. The van der Waals surface area contributed by atoms with Gasteiger partial charge in [0, 0.05) is 29.7 Å². The van der Waals surface area contributed by atoms with Crippen molar-refractivity contribution in [1.29, 1.82) is 0 Å². The van der Waals surface area contributed by atoms with Crippen molar-refractivity contribution < 1.29 is 27.1 Å². The highest BCUT2D eigenvalue weighted by Crippen LogP contribution is 2.29. The van der Waals surface area contributed by atoms with Gasteiger partial charge in [-0.2, -0.15) is 17.6 Å². The van der Waals surface area contributed by atoms with Crippen molar-refractivity contribution in [2.75, 3.05) is 20.3 Å². The molecule has 152 valence electrons. The topological polar surface area (TPSA) is 59.4 Å². The van der Waals surface area contributed by atoms with Crippen LogP contribution < -0.4 is 5.32 Å². The van der Waals surface area contributed by atoms with Crippen LogP contribution in [0.25, 0.3) is 11.0 Å². The maximum Gasteiger partial charge on any atom is 0.406 e. The lowest BCUT2D eigenvalue weighted by Crippen LogP contribution is -2.59. The second kappa shape index (κ2) is 7.00. The highest BCUT2D eigenvalue weighted by Gasteiger charge is 2.38. The van der Waals surface area contributed by atoms with Gasteiger partial charge in [-0.1, -0.05) is 0 Å². The molecule has 2 aromatic rings. The van der Waals surface area contributed by atoms with Crippen molar-refractivity contribution in [3.63, 3.8) is 0 Å². The number of alkyl halides is 3. The molecule has 2 aromatic heterocycles. The van der Waals surface area contributed by atoms with E-state index in [1.807, 2.05) is 7.05 Å². The van der Waals surface area contributed by atoms with Gasteiger partial charge in [0.2, 0.25) is 5.95 Å². The number of fused-ring (bicyclic) bond motifs is 3. The van der Waals surface area contributed by atoms with Gasteiger partial charge in [0.15, 0.2) is 0 Å². The van der Waals surface area contributed by atoms with Crippen LogP contribution in [0.3, 0.4) is 0 Å². The molecule has 1 amide bonds. The quantitative estimate of drug-likeness (QED) is 0.804. The SMILES string of the molecule is CN1C2COCC1CC(NC(=O)c1c(F)n(CC(F)(F)F)c3ncccc13)C2. The molecule has 0 saturated carbocycles. The highest BCUT2D eigenvalue weighted by atomic mass is 19.4. The molecule has 6 nitrogen and oxygen atoms in total. The summed E-state index contributed by atoms with van der Waals surface area (Å²) < 4.78 is 59.4. The first-order chi connectivity index (χ1) is 13.2. The molecule has 28 heavy (non-hydrogen) atoms. The number of morpholine rings is 1. The number of carbonyl (C=O) groups is 1. The summed E-state index contributed by atoms with van der Waals surface area (Å²) in [6.07, 6.45) is -2.09. The zero-order valence-electron chi connectivity index (χ0n) is 15.2. The number of aromatic nitrogens is 2. The number of hydrogen-bond donors (Lipinski definition) is 1. The summed E-state index contributed by atoms with van der Waals surface area (Å²) in [6, 6.07) is 2.98. The molecule has 1 N–H and O–H groups in total. The molecule has 2 aliphatic heterocycles. The molecule has 2 fully saturated rings. The third-order valence-corrected chi connectivity index (χ3v) is 5.54. The lowest BCUT2D eigenvalue weighted by atomic mass is 9.90. The molecule has 0 spiro atoms. The average Bonchev–Trinajstić information content (AvgIpc) is 2.87. The van der Waals surface area contributed by atoms with Crippen LogP contribution in [-0.4, -0.2) is 64.9 Å². The third kappa shape index (κ3) is 3.46. The lowest BCUT2D eigenvalue weighted by molar-refractivity contribution is -0.141. The van der Waals surface area contributed by atoms with Crippen LogP contribution in [0, 0.1) is 5.95 Å². The van der Waals surface area contributed by atoms with Gasteiger partial charge in [0.25, 0.3) is 5.91 Å². The summed E-state index contributed by atoms with van der Waals surface area (Å²) in [5, 5.41) is 2.88. The molecule has 0 aliphatic carbocycles. The summed E-state index contributed by atoms with van der Waals surface area (Å²) >= 11 is 0. The number of nitrogens with one attached hydrogen (secondary N) is 1. The molecule has 2 atom stereocenters. The van der Waals surface area contributed by atoms with Crippen molar-refractivity contribution in [3.8, 4) is 0 Å². The Labute approximate surface area is 158 Å². The third-order valence-electron chi connectivity index (χ3n) is 5.54. The predicted molar refractivity (Wildman–Crippen MR) is 92.4 cm³/mol. The monoisotopic (exact) mass is 400 g/mol. The van der Waals surface area contributed by atoms with Crippen LogP contribution in [0.5, 0.6) is 0 Å². The van der Waals surface area contributed by atoms with Gasteiger partial charge in [0.1, 0.15) is 17.8 Å². The van der Waals surface area contributed by atoms with Crippen molar-refractivity contribution in [2.45, 2.75) is 43.7 Å². The fourth-order valence-electron chi connectivity index (χ4n) is 4.16. The molecular weight excluding hydrogens is 380 g/mol. The normalized spacial score (nSPS) is 25.8. The van der Waals surface area contributed by atoms with E-state index in [0.29, 0.717) is 30.6 Å². The van der Waals surface area contributed by atoms with Crippen LogP contribution >= 0.6 is 0 Å². The summed E-state index contributed by atoms with van der Waals surface area (Å²) in [5.74, 6) is -1.94. The Bertz CT molecular complexity index is 884. The number of nitrogens with zero attached hydrogens (tertiary/aromatic N) is 3. The van der Waals surface area contributed by atoms with Crippen molar-refractivity contribution in [3.05, 3.63) is 29.8 Å². The standard InChI is InChI=1S/C18H20F4N4O2/c1-25-11-5-10(6-12(25)8-28-7-11)24-17(27)14-13-3-2-4-23-16(13)26(15(14)19)9-18(20,21)22/h2-4,10-12H,5-9H2,1H3,(H,24,27). The maximum atomic E-state index is 14.8. The number of halogens is 4. The Hall–Kier alpha value is -2.20. The summed E-state index contributed by atoms with van der Waals surface area (Å²) in [5.41, 5.74) is -0.594. The zero-order valence-corrected chi connectivity index (χ0v) is 15.2. The van der Waals surface area contributed by atoms with E-state index < -0.39 is 30.1 Å². The molecule has 10 heteroatoms. The van der Waals surface area contributed by atoms with Gasteiger partial charge in [-0.05, 0) is 32.0 Å². The van der Waals surface area contributed by atoms with Crippen molar-refractivity contribution in [1.82, 2.24) is 19.8 Å². The molecule has 0 aromatic carbocycles. The second-order valence-corrected chi connectivity index (χ2v) is 7.39. The number of hydrogen-bond acceptors (Lipinski definition) is 4. The first-order valence-corrected chi connectivity index (χ1v) is 9.04. The van der Waals surface area contributed by atoms with Gasteiger partial charge < -0.3 is 10.1 Å². The number of pyridine rings is 1. The van der Waals surface area contributed by atoms with E-state index in [1.54, 1.807) is 0 Å². The molecule has 4 heterocycles. The fraction of sp³-hybridized carbons (Fsp3) is 0.556. The number of piperidine rings is 1. The molecule has 2 bridgehead atoms. The minimum atomic E-state index is -4.64. The van der Waals surface area contributed by atoms with Crippen LogP contribution in [0.15, 0.2) is 18.3 Å². The lowest BCUT2D eigenvalue weighted by Gasteiger charge is -2.46. The van der Waals surface area contributed by atoms with Crippen molar-refractivity contribution in [2.24, 2.45) is 0 Å². The number of rotatable bonds is 3. The van der Waals surface area contributed by atoms with E-state index in [0.717, 1.165) is 0 Å². The van der Waals surface area contributed by atoms with E-state index in [1.165, 1.54) is 18.3 Å². The maximum absolute atomic E-state index is 14.8. The molecule has 4 rings (SSSR count). The number of ether oxygens (including phenoxy) is 1. The Morgan fingerprint density at radius 2 is 2.00 bits per heavy atom. The van der Waals surface area contributed by atoms with Gasteiger partial charge >= 0.3 is 6.18 Å². The van der Waals surface area contributed by atoms with Gasteiger partial charge in [-0.3, -0.25) is 14.3 Å². The first-order valence-electron chi connectivity index (χ1n) is 9.04. The molecule has 0 radical (unpaired) electrons. The van der Waals surface area contributed by atoms with Gasteiger partial charge in [-0.15, -0.1) is 0 Å². The molecule has 2 aliphatic rings. The average molecular weight is 400 g/mol. The Morgan fingerprint density at radius 3 is 2.64 bits per heavy atom. The van der Waals surface area contributed by atoms with Crippen LogP contribution in [0.2, 0.25) is 0 Å². The Balaban J connectivity index is 1.62. The van der Waals surface area contributed by atoms with E-state index in [-0.39, 0.29) is 29.2 Å². The van der Waals surface area contributed by atoms with E-state index in [9.17, 15) is 22.4 Å². The molecular formula is C18H20F4N4O2. The summed E-state index contributed by atoms with van der Waals surface area (Å²) in [6.45, 7) is -0.430. The van der Waals surface area contributed by atoms with E-state index in [4.69, 9.17) is 4.74 Å². The number of amides is 1. The number of likely N-dealkylation sites (N-methyl/N-ethyl adjacent to an activating group) is 1. The van der Waals surface area contributed by atoms with Gasteiger partial charge in [-0.25, -0.2) is 4.98 Å². The van der Waals surface area contributed by atoms with E-state index in [2.05, 4.69) is 15.2 Å². The molecule has 2 unspecified atom stereocenters. The number of carbonyl (C=O) groups excluding carboxylic acids is 1. The second-order valence-electron chi connectivity index (χ2n) is 7.39. The Morgan fingerprint density at radius 1 is 1.32 bits per heavy atom. The summed E-state index contributed by atoms with van der Waals surface area (Å²) in [7, 11) is 2.01. The largest absolute Gasteiger partial charge is 0.406 e. The van der Waals surface area contributed by atoms with Crippen LogP contribution in [-0.2, 0) is 11.3 Å². The first kappa shape index (κ1) is 19.1. The summed E-state index contributed by atoms with van der Waals surface area (Å²) in [4.78, 5) is 18.9.